The Hall–Kier alpha value is -1.39. The van der Waals surface area contributed by atoms with Crippen molar-refractivity contribution in [1.29, 1.82) is 0 Å². The molecule has 2 heterocycles. The Morgan fingerprint density at radius 1 is 0.871 bits per heavy atom. The molecule has 1 aromatic rings. The van der Waals surface area contributed by atoms with E-state index in [1.165, 1.54) is 44.1 Å². The lowest BCUT2D eigenvalue weighted by molar-refractivity contribution is -0.198. The first-order chi connectivity index (χ1) is 15.1. The van der Waals surface area contributed by atoms with Crippen molar-refractivity contribution < 1.29 is 9.53 Å². The molecule has 31 heavy (non-hydrogen) atoms. The number of carbonyl (C=O) groups is 1. The van der Waals surface area contributed by atoms with Gasteiger partial charge in [-0.2, -0.15) is 0 Å². The van der Waals surface area contributed by atoms with Crippen molar-refractivity contribution in [2.45, 2.75) is 57.5 Å². The van der Waals surface area contributed by atoms with Crippen LogP contribution in [0.4, 0.5) is 0 Å². The summed E-state index contributed by atoms with van der Waals surface area (Å²) >= 11 is 0. The normalized spacial score (nSPS) is 42.8. The molecule has 2 aliphatic heterocycles. The summed E-state index contributed by atoms with van der Waals surface area (Å²) in [7, 11) is 0. The highest BCUT2D eigenvalue weighted by Crippen LogP contribution is 2.69. The highest BCUT2D eigenvalue weighted by molar-refractivity contribution is 5.76. The molecule has 2 saturated heterocycles. The lowest BCUT2D eigenvalue weighted by Crippen LogP contribution is -2.56. The van der Waals surface area contributed by atoms with Crippen LogP contribution in [0.5, 0.6) is 0 Å². The molecular formula is C27H38N2O2. The Labute approximate surface area is 187 Å². The quantitative estimate of drug-likeness (QED) is 0.663. The molecule has 7 rings (SSSR count). The molecule has 1 aromatic carbocycles. The van der Waals surface area contributed by atoms with Crippen LogP contribution < -0.4 is 0 Å². The number of cyclic esters (lactones) is 1. The topological polar surface area (TPSA) is 32.8 Å². The number of nitrogens with zero attached hydrogens (tertiary/aromatic N) is 2. The summed E-state index contributed by atoms with van der Waals surface area (Å²) in [6.07, 6.45) is 8.95. The van der Waals surface area contributed by atoms with Crippen LogP contribution in [0.2, 0.25) is 0 Å². The van der Waals surface area contributed by atoms with Gasteiger partial charge in [-0.1, -0.05) is 37.3 Å². The van der Waals surface area contributed by atoms with Gasteiger partial charge in [0.15, 0.2) is 0 Å². The zero-order valence-corrected chi connectivity index (χ0v) is 19.1. The molecule has 6 aliphatic rings. The molecule has 2 atom stereocenters. The Kier molecular flexibility index (Phi) is 4.95. The smallest absolute Gasteiger partial charge is 0.311 e. The summed E-state index contributed by atoms with van der Waals surface area (Å²) in [6, 6.07) is 10.9. The average molecular weight is 423 g/mol. The molecule has 2 unspecified atom stereocenters. The summed E-state index contributed by atoms with van der Waals surface area (Å²) in [6.45, 7) is 8.64. The van der Waals surface area contributed by atoms with Crippen molar-refractivity contribution in [3.05, 3.63) is 35.9 Å². The maximum Gasteiger partial charge on any atom is 0.311 e. The van der Waals surface area contributed by atoms with Crippen LogP contribution in [0.1, 0.15) is 57.4 Å². The van der Waals surface area contributed by atoms with Crippen LogP contribution >= 0.6 is 0 Å². The number of hydrogen-bond donors (Lipinski definition) is 0. The van der Waals surface area contributed by atoms with Gasteiger partial charge in [0, 0.05) is 44.6 Å². The molecule has 4 saturated carbocycles. The summed E-state index contributed by atoms with van der Waals surface area (Å²) in [4.78, 5) is 18.4. The standard InChI is InChI=1S/C27H38N2O2/c1-2-28-8-10-29(11-9-28)19-23-18-27(31-25(23)30,24-6-4-3-5-7-24)26-15-20-12-21(16-26)14-22(13-20)17-26/h3-7,20-23H,2,8-19H2,1H3. The first-order valence-corrected chi connectivity index (χ1v) is 12.8. The maximum atomic E-state index is 13.4. The number of ether oxygens (including phenoxy) is 1. The molecule has 4 heteroatoms. The van der Waals surface area contributed by atoms with Crippen LogP contribution in [-0.4, -0.2) is 55.0 Å². The Morgan fingerprint density at radius 3 is 2.03 bits per heavy atom. The average Bonchev–Trinajstić information content (AvgIpc) is 3.12. The number of rotatable bonds is 5. The van der Waals surface area contributed by atoms with Crippen LogP contribution in [0.25, 0.3) is 0 Å². The van der Waals surface area contributed by atoms with E-state index in [4.69, 9.17) is 4.74 Å². The van der Waals surface area contributed by atoms with Gasteiger partial charge in [0.2, 0.25) is 0 Å². The SMILES string of the molecule is CCN1CCN(CC2CC(c3ccccc3)(C34CC5CC(CC(C5)C3)C4)OC2=O)CC1. The summed E-state index contributed by atoms with van der Waals surface area (Å²) in [5.41, 5.74) is 1.02. The monoisotopic (exact) mass is 422 g/mol. The molecule has 0 aromatic heterocycles. The highest BCUT2D eigenvalue weighted by atomic mass is 16.6. The van der Waals surface area contributed by atoms with Crippen LogP contribution in [-0.2, 0) is 15.1 Å². The van der Waals surface area contributed by atoms with Gasteiger partial charge >= 0.3 is 5.97 Å². The fourth-order valence-electron chi connectivity index (χ4n) is 8.59. The first-order valence-electron chi connectivity index (χ1n) is 12.8. The van der Waals surface area contributed by atoms with Crippen molar-refractivity contribution in [3.8, 4) is 0 Å². The minimum atomic E-state index is -0.405. The summed E-state index contributed by atoms with van der Waals surface area (Å²) in [5, 5.41) is 0. The van der Waals surface area contributed by atoms with Crippen LogP contribution in [0, 0.1) is 29.1 Å². The summed E-state index contributed by atoms with van der Waals surface area (Å²) in [5.74, 6) is 2.64. The van der Waals surface area contributed by atoms with E-state index in [0.29, 0.717) is 0 Å². The van der Waals surface area contributed by atoms with Gasteiger partial charge in [-0.3, -0.25) is 9.69 Å². The number of likely N-dealkylation sites (N-methyl/N-ethyl adjacent to an activating group) is 1. The predicted octanol–water partition coefficient (Wildman–Crippen LogP) is 4.30. The second-order valence-electron chi connectivity index (χ2n) is 11.4. The van der Waals surface area contributed by atoms with Gasteiger partial charge in [-0.25, -0.2) is 0 Å². The molecular weight excluding hydrogens is 384 g/mol. The van der Waals surface area contributed by atoms with Gasteiger partial charge in [0.1, 0.15) is 5.60 Å². The first kappa shape index (κ1) is 20.2. The summed E-state index contributed by atoms with van der Waals surface area (Å²) < 4.78 is 6.64. The van der Waals surface area contributed by atoms with Gasteiger partial charge < -0.3 is 9.64 Å². The zero-order chi connectivity index (χ0) is 21.1. The Morgan fingerprint density at radius 2 is 1.45 bits per heavy atom. The predicted molar refractivity (Wildman–Crippen MR) is 121 cm³/mol. The molecule has 168 valence electrons. The van der Waals surface area contributed by atoms with Gasteiger partial charge in [-0.15, -0.1) is 0 Å². The minimum absolute atomic E-state index is 0.0152. The van der Waals surface area contributed by atoms with Crippen molar-refractivity contribution in [3.63, 3.8) is 0 Å². The van der Waals surface area contributed by atoms with Crippen molar-refractivity contribution in [2.75, 3.05) is 39.3 Å². The highest BCUT2D eigenvalue weighted by Gasteiger charge is 2.66. The van der Waals surface area contributed by atoms with Gasteiger partial charge in [-0.05, 0) is 68.4 Å². The van der Waals surface area contributed by atoms with Crippen LogP contribution in [0.15, 0.2) is 30.3 Å². The zero-order valence-electron chi connectivity index (χ0n) is 19.1. The molecule has 4 nitrogen and oxygen atoms in total. The van der Waals surface area contributed by atoms with E-state index in [2.05, 4.69) is 47.1 Å². The molecule has 0 spiro atoms. The maximum absolute atomic E-state index is 13.4. The van der Waals surface area contributed by atoms with E-state index in [-0.39, 0.29) is 17.3 Å². The molecule has 4 aliphatic carbocycles. The molecule has 4 bridgehead atoms. The molecule has 0 N–H and O–H groups in total. The number of esters is 1. The van der Waals surface area contributed by atoms with E-state index in [1.54, 1.807) is 0 Å². The van der Waals surface area contributed by atoms with E-state index in [0.717, 1.165) is 63.4 Å². The van der Waals surface area contributed by atoms with Crippen molar-refractivity contribution in [2.24, 2.45) is 29.1 Å². The van der Waals surface area contributed by atoms with Crippen molar-refractivity contribution >= 4 is 5.97 Å². The van der Waals surface area contributed by atoms with E-state index in [9.17, 15) is 4.79 Å². The minimum Gasteiger partial charge on any atom is -0.453 e. The van der Waals surface area contributed by atoms with Gasteiger partial charge in [0.05, 0.1) is 5.92 Å². The number of benzene rings is 1. The van der Waals surface area contributed by atoms with E-state index in [1.807, 2.05) is 0 Å². The molecule has 0 radical (unpaired) electrons. The Bertz CT molecular complexity index is 781. The van der Waals surface area contributed by atoms with Gasteiger partial charge in [0.25, 0.3) is 0 Å². The van der Waals surface area contributed by atoms with Crippen LogP contribution in [0.3, 0.4) is 0 Å². The molecule has 6 fully saturated rings. The number of piperazine rings is 1. The third kappa shape index (κ3) is 3.28. The third-order valence-corrected chi connectivity index (χ3v) is 9.67. The van der Waals surface area contributed by atoms with Crippen molar-refractivity contribution in [1.82, 2.24) is 9.80 Å². The van der Waals surface area contributed by atoms with E-state index >= 15 is 0 Å². The Balaban J connectivity index is 1.30. The fourth-order valence-corrected chi connectivity index (χ4v) is 8.59. The second-order valence-corrected chi connectivity index (χ2v) is 11.4. The number of carbonyl (C=O) groups excluding carboxylic acids is 1. The third-order valence-electron chi connectivity index (χ3n) is 9.67. The lowest BCUT2D eigenvalue weighted by atomic mass is 9.44. The largest absolute Gasteiger partial charge is 0.453 e. The van der Waals surface area contributed by atoms with E-state index < -0.39 is 5.60 Å². The number of hydrogen-bond acceptors (Lipinski definition) is 4. The fraction of sp³-hybridized carbons (Fsp3) is 0.741. The second kappa shape index (κ2) is 7.59. The lowest BCUT2D eigenvalue weighted by Gasteiger charge is -2.62. The molecule has 0 amide bonds.